The smallest absolute Gasteiger partial charge is 0.0972 e. The number of ether oxygens (including phenoxy) is 1. The largest absolute Gasteiger partial charge is 0.361 e. The molecule has 2 aliphatic rings. The molecule has 0 bridgehead atoms. The average molecular weight is 155 g/mol. The molecule has 1 aliphatic heterocycles. The highest BCUT2D eigenvalue weighted by Crippen LogP contribution is 2.22. The maximum absolute atomic E-state index is 5.58. The molecule has 2 fully saturated rings. The molecule has 0 unspecified atom stereocenters. The summed E-state index contributed by atoms with van der Waals surface area (Å²) in [6.07, 6.45) is 8.72. The first-order valence-electron chi connectivity index (χ1n) is 4.82. The maximum Gasteiger partial charge on any atom is 0.0972 e. The lowest BCUT2D eigenvalue weighted by Crippen LogP contribution is -2.31. The van der Waals surface area contributed by atoms with Crippen LogP contribution in [0.2, 0.25) is 0 Å². The lowest BCUT2D eigenvalue weighted by atomic mass is 9.95. The Morgan fingerprint density at radius 2 is 1.82 bits per heavy atom. The molecule has 0 aromatic heterocycles. The van der Waals surface area contributed by atoms with Gasteiger partial charge < -0.3 is 4.74 Å². The summed E-state index contributed by atoms with van der Waals surface area (Å²) in [7, 11) is 0. The van der Waals surface area contributed by atoms with Crippen LogP contribution in [0.3, 0.4) is 0 Å². The van der Waals surface area contributed by atoms with Crippen molar-refractivity contribution < 1.29 is 4.74 Å². The summed E-state index contributed by atoms with van der Waals surface area (Å²) in [5.41, 5.74) is 0. The van der Waals surface area contributed by atoms with E-state index in [4.69, 9.17) is 4.74 Å². The van der Waals surface area contributed by atoms with Gasteiger partial charge in [-0.15, -0.1) is 0 Å². The normalized spacial score (nSPS) is 39.3. The molecule has 0 aromatic rings. The second kappa shape index (κ2) is 3.55. The molecular weight excluding hydrogens is 138 g/mol. The second-order valence-corrected chi connectivity index (χ2v) is 3.65. The molecule has 1 aliphatic carbocycles. The Kier molecular flexibility index (Phi) is 2.44. The second-order valence-electron chi connectivity index (χ2n) is 3.65. The van der Waals surface area contributed by atoms with Crippen molar-refractivity contribution in [3.8, 4) is 0 Å². The third kappa shape index (κ3) is 1.74. The van der Waals surface area contributed by atoms with Crippen LogP contribution in [0.4, 0.5) is 0 Å². The van der Waals surface area contributed by atoms with E-state index in [0.717, 1.165) is 6.73 Å². The van der Waals surface area contributed by atoms with E-state index in [1.165, 1.54) is 38.5 Å². The van der Waals surface area contributed by atoms with Crippen molar-refractivity contribution >= 4 is 0 Å². The van der Waals surface area contributed by atoms with Crippen LogP contribution in [0.15, 0.2) is 0 Å². The van der Waals surface area contributed by atoms with E-state index in [2.05, 4.69) is 5.32 Å². The summed E-state index contributed by atoms with van der Waals surface area (Å²) in [4.78, 5) is 0. The minimum Gasteiger partial charge on any atom is -0.361 e. The van der Waals surface area contributed by atoms with Crippen molar-refractivity contribution in [2.75, 3.05) is 6.73 Å². The predicted molar refractivity (Wildman–Crippen MR) is 44.4 cm³/mol. The summed E-state index contributed by atoms with van der Waals surface area (Å²) < 4.78 is 5.58. The average Bonchev–Trinajstić information content (AvgIpc) is 2.35. The third-order valence-electron chi connectivity index (χ3n) is 2.85. The van der Waals surface area contributed by atoms with Crippen LogP contribution in [-0.2, 0) is 4.74 Å². The molecule has 2 nitrogen and oxygen atoms in total. The third-order valence-corrected chi connectivity index (χ3v) is 2.85. The first-order valence-corrected chi connectivity index (χ1v) is 4.82. The van der Waals surface area contributed by atoms with Crippen molar-refractivity contribution in [3.05, 3.63) is 0 Å². The highest BCUT2D eigenvalue weighted by Gasteiger charge is 2.27. The molecule has 2 heteroatoms. The Morgan fingerprint density at radius 1 is 1.00 bits per heavy atom. The van der Waals surface area contributed by atoms with Crippen molar-refractivity contribution in [1.29, 1.82) is 0 Å². The van der Waals surface area contributed by atoms with Gasteiger partial charge in [-0.1, -0.05) is 25.7 Å². The first kappa shape index (κ1) is 7.56. The fourth-order valence-corrected chi connectivity index (χ4v) is 2.15. The van der Waals surface area contributed by atoms with Crippen LogP contribution < -0.4 is 5.32 Å². The predicted octanol–water partition coefficient (Wildman–Crippen LogP) is 1.66. The van der Waals surface area contributed by atoms with Crippen LogP contribution in [0.5, 0.6) is 0 Å². The van der Waals surface area contributed by atoms with Gasteiger partial charge in [-0.3, -0.25) is 5.32 Å². The van der Waals surface area contributed by atoms with Crippen molar-refractivity contribution in [1.82, 2.24) is 5.32 Å². The maximum atomic E-state index is 5.58. The molecule has 64 valence electrons. The van der Waals surface area contributed by atoms with E-state index < -0.39 is 0 Å². The fraction of sp³-hybridized carbons (Fsp3) is 1.00. The van der Waals surface area contributed by atoms with Gasteiger partial charge in [0.05, 0.1) is 12.8 Å². The Morgan fingerprint density at radius 3 is 2.73 bits per heavy atom. The minimum atomic E-state index is 0.537. The molecule has 11 heavy (non-hydrogen) atoms. The fourth-order valence-electron chi connectivity index (χ4n) is 2.15. The molecule has 0 spiro atoms. The van der Waals surface area contributed by atoms with E-state index in [0.29, 0.717) is 12.1 Å². The van der Waals surface area contributed by atoms with Gasteiger partial charge >= 0.3 is 0 Å². The Balaban J connectivity index is 1.89. The Bertz CT molecular complexity index is 113. The first-order chi connectivity index (χ1) is 5.47. The van der Waals surface area contributed by atoms with E-state index in [-0.39, 0.29) is 0 Å². The van der Waals surface area contributed by atoms with Crippen molar-refractivity contribution in [3.63, 3.8) is 0 Å². The lowest BCUT2D eigenvalue weighted by molar-refractivity contribution is 0.0889. The number of fused-ring (bicyclic) bond motifs is 1. The number of nitrogens with one attached hydrogen (secondary N) is 1. The van der Waals surface area contributed by atoms with Gasteiger partial charge in [0.15, 0.2) is 0 Å². The Hall–Kier alpha value is -0.0800. The summed E-state index contributed by atoms with van der Waals surface area (Å²) in [6, 6.07) is 0.676. The van der Waals surface area contributed by atoms with E-state index >= 15 is 0 Å². The van der Waals surface area contributed by atoms with Crippen LogP contribution in [0.25, 0.3) is 0 Å². The van der Waals surface area contributed by atoms with E-state index in [9.17, 15) is 0 Å². The molecule has 1 saturated heterocycles. The monoisotopic (exact) mass is 155 g/mol. The highest BCUT2D eigenvalue weighted by molar-refractivity contribution is 4.82. The molecule has 0 aromatic carbocycles. The molecule has 1 heterocycles. The highest BCUT2D eigenvalue weighted by atomic mass is 16.5. The zero-order valence-corrected chi connectivity index (χ0v) is 7.01. The summed E-state index contributed by atoms with van der Waals surface area (Å²) in [6.45, 7) is 0.787. The number of hydrogen-bond acceptors (Lipinski definition) is 2. The van der Waals surface area contributed by atoms with Gasteiger partial charge in [0.2, 0.25) is 0 Å². The standard InChI is InChI=1S/C9H17NO/c1-2-4-6-9-8(5-3-1)10-7-11-9/h8-10H,1-7H2/t8-,9-/m0/s1. The molecule has 2 rings (SSSR count). The van der Waals surface area contributed by atoms with Gasteiger partial charge in [0.25, 0.3) is 0 Å². The van der Waals surface area contributed by atoms with Gasteiger partial charge in [0.1, 0.15) is 0 Å². The number of hydrogen-bond donors (Lipinski definition) is 1. The van der Waals surface area contributed by atoms with Crippen LogP contribution in [0.1, 0.15) is 38.5 Å². The summed E-state index contributed by atoms with van der Waals surface area (Å²) in [5.74, 6) is 0. The van der Waals surface area contributed by atoms with E-state index in [1.54, 1.807) is 0 Å². The lowest BCUT2D eigenvalue weighted by Gasteiger charge is -2.20. The molecule has 2 atom stereocenters. The molecule has 0 amide bonds. The van der Waals surface area contributed by atoms with Crippen molar-refractivity contribution in [2.45, 2.75) is 50.7 Å². The van der Waals surface area contributed by atoms with Crippen molar-refractivity contribution in [2.24, 2.45) is 0 Å². The Labute approximate surface area is 68.3 Å². The van der Waals surface area contributed by atoms with Gasteiger partial charge in [0, 0.05) is 6.04 Å². The van der Waals surface area contributed by atoms with E-state index in [1.807, 2.05) is 0 Å². The summed E-state index contributed by atoms with van der Waals surface area (Å²) >= 11 is 0. The SMILES string of the molecule is C1CCC[C@@H]2OCN[C@H]2CC1. The molecule has 1 N–H and O–H groups in total. The quantitative estimate of drug-likeness (QED) is 0.574. The van der Waals surface area contributed by atoms with Crippen LogP contribution in [0, 0.1) is 0 Å². The zero-order valence-electron chi connectivity index (χ0n) is 7.01. The summed E-state index contributed by atoms with van der Waals surface area (Å²) in [5, 5.41) is 3.40. The van der Waals surface area contributed by atoms with Gasteiger partial charge in [-0.05, 0) is 12.8 Å². The minimum absolute atomic E-state index is 0.537. The van der Waals surface area contributed by atoms with Crippen LogP contribution >= 0.6 is 0 Å². The topological polar surface area (TPSA) is 21.3 Å². The zero-order chi connectivity index (χ0) is 7.52. The molecule has 1 saturated carbocycles. The van der Waals surface area contributed by atoms with Crippen LogP contribution in [-0.4, -0.2) is 18.9 Å². The number of rotatable bonds is 0. The molecular formula is C9H17NO. The molecule has 0 radical (unpaired) electrons. The van der Waals surface area contributed by atoms with Gasteiger partial charge in [-0.2, -0.15) is 0 Å². The van der Waals surface area contributed by atoms with Gasteiger partial charge in [-0.25, -0.2) is 0 Å².